The highest BCUT2D eigenvalue weighted by molar-refractivity contribution is 6.06. The van der Waals surface area contributed by atoms with Gasteiger partial charge in [0.2, 0.25) is 0 Å². The molecule has 0 amide bonds. The van der Waals surface area contributed by atoms with Gasteiger partial charge in [0.25, 0.3) is 0 Å². The average Bonchev–Trinajstić information content (AvgIpc) is 2.96. The lowest BCUT2D eigenvalue weighted by Gasteiger charge is -2.36. The molecule has 8 heteroatoms. The van der Waals surface area contributed by atoms with E-state index in [9.17, 15) is 14.9 Å². The third-order valence-electron chi connectivity index (χ3n) is 6.13. The van der Waals surface area contributed by atoms with Crippen molar-refractivity contribution in [3.05, 3.63) is 107 Å². The maximum absolute atomic E-state index is 13.2. The van der Waals surface area contributed by atoms with Gasteiger partial charge >= 0.3 is 11.9 Å². The van der Waals surface area contributed by atoms with Crippen molar-refractivity contribution >= 4 is 17.6 Å². The van der Waals surface area contributed by atoms with E-state index < -0.39 is 17.9 Å². The Balaban J connectivity index is 2.02. The van der Waals surface area contributed by atoms with Crippen molar-refractivity contribution in [3.63, 3.8) is 0 Å². The largest absolute Gasteiger partial charge is 0.496 e. The molecular formula is C29H25N3O5. The Bertz CT molecular complexity index is 1450. The maximum atomic E-state index is 13.2. The minimum atomic E-state index is -0.929. The molecule has 0 aliphatic carbocycles. The van der Waals surface area contributed by atoms with Gasteiger partial charge in [0.15, 0.2) is 0 Å². The van der Waals surface area contributed by atoms with E-state index in [0.29, 0.717) is 17.0 Å². The Hall–Kier alpha value is -5.03. The number of allylic oxidation sites excluding steroid dienone is 1. The average molecular weight is 496 g/mol. The van der Waals surface area contributed by atoms with Crippen LogP contribution in [0.1, 0.15) is 11.5 Å². The first-order valence-electron chi connectivity index (χ1n) is 11.4. The Kier molecular flexibility index (Phi) is 7.26. The van der Waals surface area contributed by atoms with Crippen molar-refractivity contribution in [2.24, 2.45) is 5.73 Å². The number of ether oxygens (including phenoxy) is 3. The van der Waals surface area contributed by atoms with Gasteiger partial charge in [0.05, 0.1) is 44.5 Å². The molecule has 4 rings (SSSR count). The number of nitriles is 1. The Morgan fingerprint density at radius 2 is 1.57 bits per heavy atom. The molecule has 1 aliphatic heterocycles. The van der Waals surface area contributed by atoms with Gasteiger partial charge in [0.1, 0.15) is 17.3 Å². The van der Waals surface area contributed by atoms with Crippen LogP contribution in [0, 0.1) is 11.3 Å². The predicted octanol–water partition coefficient (Wildman–Crippen LogP) is 4.26. The summed E-state index contributed by atoms with van der Waals surface area (Å²) in [6.07, 6.45) is 0. The van der Waals surface area contributed by atoms with Gasteiger partial charge in [0, 0.05) is 11.3 Å². The summed E-state index contributed by atoms with van der Waals surface area (Å²) in [6.45, 7) is 0. The quantitative estimate of drug-likeness (QED) is 0.505. The molecule has 2 N–H and O–H groups in total. The molecule has 1 atom stereocenters. The molecule has 0 spiro atoms. The van der Waals surface area contributed by atoms with E-state index in [1.54, 1.807) is 49.6 Å². The zero-order chi connectivity index (χ0) is 26.5. The van der Waals surface area contributed by atoms with Gasteiger partial charge in [-0.2, -0.15) is 5.26 Å². The number of carbonyl (C=O) groups excluding carboxylic acids is 2. The van der Waals surface area contributed by atoms with Crippen LogP contribution in [0.5, 0.6) is 5.75 Å². The lowest BCUT2D eigenvalue weighted by atomic mass is 9.81. The third kappa shape index (κ3) is 4.50. The number of carbonyl (C=O) groups is 2. The van der Waals surface area contributed by atoms with Gasteiger partial charge in [-0.15, -0.1) is 0 Å². The van der Waals surface area contributed by atoms with E-state index >= 15 is 0 Å². The first-order chi connectivity index (χ1) is 18.0. The van der Waals surface area contributed by atoms with Crippen molar-refractivity contribution in [1.29, 1.82) is 5.26 Å². The smallest absolute Gasteiger partial charge is 0.355 e. The second-order valence-electron chi connectivity index (χ2n) is 8.09. The first-order valence-corrected chi connectivity index (χ1v) is 11.4. The number of rotatable bonds is 6. The number of hydrogen-bond donors (Lipinski definition) is 1. The molecular weight excluding hydrogens is 470 g/mol. The van der Waals surface area contributed by atoms with E-state index in [1.165, 1.54) is 19.1 Å². The zero-order valence-corrected chi connectivity index (χ0v) is 20.6. The summed E-state index contributed by atoms with van der Waals surface area (Å²) in [4.78, 5) is 27.8. The Morgan fingerprint density at radius 3 is 2.22 bits per heavy atom. The van der Waals surface area contributed by atoms with Crippen LogP contribution in [0.15, 0.2) is 102 Å². The monoisotopic (exact) mass is 495 g/mol. The third-order valence-corrected chi connectivity index (χ3v) is 6.13. The van der Waals surface area contributed by atoms with Crippen molar-refractivity contribution in [1.82, 2.24) is 0 Å². The first kappa shape index (κ1) is 25.1. The highest BCUT2D eigenvalue weighted by Gasteiger charge is 2.43. The van der Waals surface area contributed by atoms with Gasteiger partial charge in [-0.05, 0) is 29.3 Å². The number of nitrogens with zero attached hydrogens (tertiary/aromatic N) is 2. The molecule has 8 nitrogen and oxygen atoms in total. The fourth-order valence-corrected chi connectivity index (χ4v) is 4.48. The normalized spacial score (nSPS) is 15.2. The molecule has 1 unspecified atom stereocenters. The van der Waals surface area contributed by atoms with Crippen LogP contribution in [0.4, 0.5) is 5.69 Å². The molecule has 37 heavy (non-hydrogen) atoms. The van der Waals surface area contributed by atoms with Gasteiger partial charge in [-0.25, -0.2) is 9.59 Å². The second kappa shape index (κ2) is 10.7. The van der Waals surface area contributed by atoms with Crippen molar-refractivity contribution in [3.8, 4) is 22.9 Å². The molecule has 0 radical (unpaired) electrons. The topological polar surface area (TPSA) is 115 Å². The van der Waals surface area contributed by atoms with Gasteiger partial charge in [-0.1, -0.05) is 60.7 Å². The van der Waals surface area contributed by atoms with Crippen molar-refractivity contribution in [2.45, 2.75) is 5.92 Å². The number of esters is 2. The lowest BCUT2D eigenvalue weighted by Crippen LogP contribution is -2.40. The Morgan fingerprint density at radius 1 is 0.892 bits per heavy atom. The molecule has 0 bridgehead atoms. The van der Waals surface area contributed by atoms with Crippen LogP contribution in [-0.4, -0.2) is 33.3 Å². The number of methoxy groups -OCH3 is 3. The van der Waals surface area contributed by atoms with Crippen molar-refractivity contribution < 1.29 is 23.8 Å². The van der Waals surface area contributed by atoms with E-state index in [2.05, 4.69) is 6.07 Å². The number of hydrogen-bond acceptors (Lipinski definition) is 8. The van der Waals surface area contributed by atoms with E-state index in [1.807, 2.05) is 36.4 Å². The van der Waals surface area contributed by atoms with Crippen LogP contribution in [-0.2, 0) is 19.1 Å². The van der Waals surface area contributed by atoms with Crippen molar-refractivity contribution in [2.75, 3.05) is 26.2 Å². The number of para-hydroxylation sites is 1. The fraction of sp³-hybridized carbons (Fsp3) is 0.138. The minimum Gasteiger partial charge on any atom is -0.496 e. The molecule has 1 aliphatic rings. The van der Waals surface area contributed by atoms with Gasteiger partial charge in [-0.3, -0.25) is 4.90 Å². The molecule has 0 saturated carbocycles. The lowest BCUT2D eigenvalue weighted by molar-refractivity contribution is -0.139. The summed E-state index contributed by atoms with van der Waals surface area (Å²) in [5.41, 5.74) is 9.15. The summed E-state index contributed by atoms with van der Waals surface area (Å²) in [6, 6.07) is 25.7. The fourth-order valence-electron chi connectivity index (χ4n) is 4.48. The minimum absolute atomic E-state index is 0.00147. The number of nitrogens with two attached hydrogens (primary N) is 1. The summed E-state index contributed by atoms with van der Waals surface area (Å²) in [5.74, 6) is -1.85. The molecule has 3 aromatic rings. The van der Waals surface area contributed by atoms with Crippen LogP contribution in [0.25, 0.3) is 11.1 Å². The summed E-state index contributed by atoms with van der Waals surface area (Å²) in [5, 5.41) is 10.2. The van der Waals surface area contributed by atoms with Crippen LogP contribution in [0.3, 0.4) is 0 Å². The van der Waals surface area contributed by atoms with E-state index in [-0.39, 0.29) is 22.7 Å². The van der Waals surface area contributed by atoms with Gasteiger partial charge < -0.3 is 19.9 Å². The number of anilines is 1. The molecule has 186 valence electrons. The standard InChI is InChI=1S/C29H25N3O5/c1-35-23-15-8-7-14-21(23)19-12-9-13-20(16-19)32-26(29(34)37-3)25(28(33)36-2)24(22(17-30)27(32)31)18-10-5-4-6-11-18/h4-16,24H,31H2,1-3H3. The highest BCUT2D eigenvalue weighted by atomic mass is 16.5. The second-order valence-corrected chi connectivity index (χ2v) is 8.09. The SMILES string of the molecule is COC(=O)C1=C(C(=O)OC)N(c2cccc(-c3ccccc3OC)c2)C(N)=C(C#N)C1c1ccccc1. The van der Waals surface area contributed by atoms with E-state index in [0.717, 1.165) is 11.1 Å². The summed E-state index contributed by atoms with van der Waals surface area (Å²) < 4.78 is 15.7. The molecule has 0 aromatic heterocycles. The number of benzene rings is 3. The van der Waals surface area contributed by atoms with Crippen LogP contribution in [0.2, 0.25) is 0 Å². The summed E-state index contributed by atoms with van der Waals surface area (Å²) >= 11 is 0. The maximum Gasteiger partial charge on any atom is 0.355 e. The molecule has 0 saturated heterocycles. The summed E-state index contributed by atoms with van der Waals surface area (Å²) in [7, 11) is 4.01. The molecule has 3 aromatic carbocycles. The van der Waals surface area contributed by atoms with Crippen LogP contribution >= 0.6 is 0 Å². The highest BCUT2D eigenvalue weighted by Crippen LogP contribution is 2.44. The van der Waals surface area contributed by atoms with E-state index in [4.69, 9.17) is 19.9 Å². The molecule has 0 fully saturated rings. The predicted molar refractivity (Wildman–Crippen MR) is 138 cm³/mol. The van der Waals surface area contributed by atoms with Crippen LogP contribution < -0.4 is 15.4 Å². The molecule has 1 heterocycles. The zero-order valence-electron chi connectivity index (χ0n) is 20.6. The Labute approximate surface area is 214 Å².